The first kappa shape index (κ1) is 10.8. The van der Waals surface area contributed by atoms with E-state index in [0.29, 0.717) is 0 Å². The Kier molecular flexibility index (Phi) is 2.58. The molecule has 1 aromatic carbocycles. The lowest BCUT2D eigenvalue weighted by Gasteiger charge is -1.97. The van der Waals surface area contributed by atoms with E-state index in [1.165, 1.54) is 18.2 Å². The molecule has 1 aromatic heterocycles. The molecule has 5 nitrogen and oxygen atoms in total. The van der Waals surface area contributed by atoms with Gasteiger partial charge in [-0.1, -0.05) is 12.1 Å². The van der Waals surface area contributed by atoms with Gasteiger partial charge in [0.05, 0.1) is 5.56 Å². The highest BCUT2D eigenvalue weighted by atomic mass is 19.1. The van der Waals surface area contributed by atoms with Crippen molar-refractivity contribution in [3.63, 3.8) is 0 Å². The summed E-state index contributed by atoms with van der Waals surface area (Å²) in [6, 6.07) is 7.62. The fraction of sp³-hybridized carbons (Fsp3) is 0. The van der Waals surface area contributed by atoms with Crippen LogP contribution in [0.15, 0.2) is 24.3 Å². The zero-order valence-electron chi connectivity index (χ0n) is 8.57. The number of nitrogens with zero attached hydrogens (tertiary/aromatic N) is 2. The van der Waals surface area contributed by atoms with Crippen molar-refractivity contribution in [1.82, 2.24) is 9.97 Å². The molecule has 0 saturated heterocycles. The highest BCUT2D eigenvalue weighted by molar-refractivity contribution is 5.93. The Morgan fingerprint density at radius 3 is 2.71 bits per heavy atom. The largest absolute Gasteiger partial charge is 0.364 e. The maximum Gasteiger partial charge on any atom is 0.268 e. The van der Waals surface area contributed by atoms with Gasteiger partial charge in [-0.2, -0.15) is 5.26 Å². The van der Waals surface area contributed by atoms with Crippen molar-refractivity contribution < 1.29 is 9.18 Å². The van der Waals surface area contributed by atoms with Crippen molar-refractivity contribution in [3.8, 4) is 17.5 Å². The van der Waals surface area contributed by atoms with Crippen LogP contribution in [0.2, 0.25) is 0 Å². The standard InChI is InChI=1S/C11H7FN4O/c12-7-4-2-1-3-6(7)11-15-8(5-13)9(16-11)10(14)17/h1-4H,(H2,14,17)(H,15,16). The van der Waals surface area contributed by atoms with E-state index in [1.807, 2.05) is 0 Å². The third-order valence-electron chi connectivity index (χ3n) is 2.19. The number of amides is 1. The number of nitrogens with one attached hydrogen (secondary N) is 1. The lowest BCUT2D eigenvalue weighted by Crippen LogP contribution is -2.13. The van der Waals surface area contributed by atoms with E-state index in [0.717, 1.165) is 0 Å². The Labute approximate surface area is 95.7 Å². The van der Waals surface area contributed by atoms with Crippen LogP contribution < -0.4 is 5.73 Å². The minimum Gasteiger partial charge on any atom is -0.364 e. The minimum absolute atomic E-state index is 0.105. The molecule has 0 aliphatic carbocycles. The number of benzene rings is 1. The quantitative estimate of drug-likeness (QED) is 0.810. The van der Waals surface area contributed by atoms with Gasteiger partial charge in [0.1, 0.15) is 23.4 Å². The third-order valence-corrected chi connectivity index (χ3v) is 2.19. The van der Waals surface area contributed by atoms with Crippen LogP contribution in [0.5, 0.6) is 0 Å². The fourth-order valence-corrected chi connectivity index (χ4v) is 1.41. The Balaban J connectivity index is 2.59. The van der Waals surface area contributed by atoms with Crippen LogP contribution in [0.3, 0.4) is 0 Å². The Bertz CT molecular complexity index is 627. The summed E-state index contributed by atoms with van der Waals surface area (Å²) in [6.45, 7) is 0. The van der Waals surface area contributed by atoms with Crippen LogP contribution in [0, 0.1) is 17.1 Å². The summed E-state index contributed by atoms with van der Waals surface area (Å²) >= 11 is 0. The molecule has 17 heavy (non-hydrogen) atoms. The summed E-state index contributed by atoms with van der Waals surface area (Å²) in [7, 11) is 0. The summed E-state index contributed by atoms with van der Waals surface area (Å²) < 4.78 is 13.5. The predicted octanol–water partition coefficient (Wildman–Crippen LogP) is 1.19. The molecular formula is C11H7FN4O. The van der Waals surface area contributed by atoms with E-state index in [9.17, 15) is 9.18 Å². The summed E-state index contributed by atoms with van der Waals surface area (Å²) in [5.74, 6) is -1.20. The summed E-state index contributed by atoms with van der Waals surface area (Å²) in [4.78, 5) is 17.4. The van der Waals surface area contributed by atoms with Crippen molar-refractivity contribution in [1.29, 1.82) is 5.26 Å². The van der Waals surface area contributed by atoms with Crippen LogP contribution >= 0.6 is 0 Å². The van der Waals surface area contributed by atoms with Gasteiger partial charge in [0, 0.05) is 0 Å². The number of hydrogen-bond acceptors (Lipinski definition) is 3. The molecule has 1 heterocycles. The topological polar surface area (TPSA) is 95.6 Å². The Morgan fingerprint density at radius 1 is 1.47 bits per heavy atom. The summed E-state index contributed by atoms with van der Waals surface area (Å²) in [5, 5.41) is 8.76. The lowest BCUT2D eigenvalue weighted by molar-refractivity contribution is 0.0996. The van der Waals surface area contributed by atoms with Gasteiger partial charge in [0.15, 0.2) is 5.69 Å². The van der Waals surface area contributed by atoms with Crippen molar-refractivity contribution in [3.05, 3.63) is 41.5 Å². The fourth-order valence-electron chi connectivity index (χ4n) is 1.41. The maximum absolute atomic E-state index is 13.5. The molecule has 0 spiro atoms. The Morgan fingerprint density at radius 2 is 2.18 bits per heavy atom. The number of H-pyrrole nitrogens is 1. The summed E-state index contributed by atoms with van der Waals surface area (Å²) in [6.07, 6.45) is 0. The van der Waals surface area contributed by atoms with Gasteiger partial charge in [-0.05, 0) is 12.1 Å². The number of nitrogens with two attached hydrogens (primary N) is 1. The number of primary amides is 1. The zero-order valence-corrected chi connectivity index (χ0v) is 8.57. The number of halogens is 1. The highest BCUT2D eigenvalue weighted by Crippen LogP contribution is 2.20. The molecule has 2 aromatic rings. The van der Waals surface area contributed by atoms with Crippen LogP contribution in [-0.4, -0.2) is 15.9 Å². The highest BCUT2D eigenvalue weighted by Gasteiger charge is 2.16. The number of hydrogen-bond donors (Lipinski definition) is 2. The maximum atomic E-state index is 13.5. The zero-order chi connectivity index (χ0) is 12.4. The third kappa shape index (κ3) is 1.86. The molecule has 0 unspecified atom stereocenters. The first-order valence-corrected chi connectivity index (χ1v) is 4.68. The second-order valence-corrected chi connectivity index (χ2v) is 3.26. The molecule has 0 saturated carbocycles. The molecular weight excluding hydrogens is 223 g/mol. The first-order valence-electron chi connectivity index (χ1n) is 4.68. The first-order chi connectivity index (χ1) is 8.13. The number of carbonyl (C=O) groups is 1. The molecule has 0 atom stereocenters. The number of carbonyl (C=O) groups excluding carboxylic acids is 1. The molecule has 6 heteroatoms. The number of nitriles is 1. The smallest absolute Gasteiger partial charge is 0.268 e. The molecule has 0 radical (unpaired) electrons. The van der Waals surface area contributed by atoms with E-state index >= 15 is 0 Å². The lowest BCUT2D eigenvalue weighted by atomic mass is 10.2. The molecule has 0 aliphatic heterocycles. The monoisotopic (exact) mass is 230 g/mol. The van der Waals surface area contributed by atoms with E-state index in [2.05, 4.69) is 9.97 Å². The van der Waals surface area contributed by atoms with Gasteiger partial charge in [-0.15, -0.1) is 0 Å². The average molecular weight is 230 g/mol. The average Bonchev–Trinajstić information content (AvgIpc) is 2.73. The number of aromatic amines is 1. The second kappa shape index (κ2) is 4.06. The van der Waals surface area contributed by atoms with E-state index in [-0.39, 0.29) is 22.8 Å². The molecule has 1 amide bonds. The van der Waals surface area contributed by atoms with Crippen molar-refractivity contribution >= 4 is 5.91 Å². The van der Waals surface area contributed by atoms with Gasteiger partial charge in [0.25, 0.3) is 5.91 Å². The van der Waals surface area contributed by atoms with Crippen LogP contribution in [0.25, 0.3) is 11.4 Å². The van der Waals surface area contributed by atoms with Crippen LogP contribution in [-0.2, 0) is 0 Å². The molecule has 0 fully saturated rings. The molecule has 0 bridgehead atoms. The predicted molar refractivity (Wildman–Crippen MR) is 57.2 cm³/mol. The second-order valence-electron chi connectivity index (χ2n) is 3.26. The van der Waals surface area contributed by atoms with Gasteiger partial charge in [-0.3, -0.25) is 4.79 Å². The molecule has 84 valence electrons. The molecule has 3 N–H and O–H groups in total. The SMILES string of the molecule is N#Cc1nc(-c2ccccc2F)[nH]c1C(N)=O. The van der Waals surface area contributed by atoms with Gasteiger partial charge >= 0.3 is 0 Å². The van der Waals surface area contributed by atoms with Gasteiger partial charge in [-0.25, -0.2) is 9.37 Å². The molecule has 2 rings (SSSR count). The van der Waals surface area contributed by atoms with Gasteiger partial charge in [0.2, 0.25) is 0 Å². The van der Waals surface area contributed by atoms with Gasteiger partial charge < -0.3 is 10.7 Å². The van der Waals surface area contributed by atoms with E-state index in [4.69, 9.17) is 11.0 Å². The normalized spacial score (nSPS) is 9.88. The number of imidazole rings is 1. The number of aromatic nitrogens is 2. The number of rotatable bonds is 2. The van der Waals surface area contributed by atoms with Crippen molar-refractivity contribution in [2.75, 3.05) is 0 Å². The van der Waals surface area contributed by atoms with E-state index < -0.39 is 11.7 Å². The van der Waals surface area contributed by atoms with E-state index in [1.54, 1.807) is 12.1 Å². The van der Waals surface area contributed by atoms with Crippen LogP contribution in [0.4, 0.5) is 4.39 Å². The van der Waals surface area contributed by atoms with Crippen LogP contribution in [0.1, 0.15) is 16.2 Å². The minimum atomic E-state index is -0.809. The van der Waals surface area contributed by atoms with Crippen molar-refractivity contribution in [2.45, 2.75) is 0 Å². The van der Waals surface area contributed by atoms with Crippen molar-refractivity contribution in [2.24, 2.45) is 5.73 Å². The Hall–Kier alpha value is -2.68. The summed E-state index contributed by atoms with van der Waals surface area (Å²) in [5.41, 5.74) is 4.98. The molecule has 0 aliphatic rings.